The minimum absolute atomic E-state index is 0.0312. The SMILES string of the molecule is O=c1c2ccsc2ccn1Cc1ccc(Cl)nc1. The van der Waals surface area contributed by atoms with Gasteiger partial charge in [0.15, 0.2) is 0 Å². The number of rotatable bonds is 2. The molecule has 0 spiro atoms. The average Bonchev–Trinajstić information content (AvgIpc) is 2.84. The van der Waals surface area contributed by atoms with E-state index in [1.807, 2.05) is 29.8 Å². The van der Waals surface area contributed by atoms with Crippen LogP contribution in [0.25, 0.3) is 10.1 Å². The molecule has 0 aliphatic carbocycles. The molecule has 0 aromatic carbocycles. The lowest BCUT2D eigenvalue weighted by Gasteiger charge is -2.05. The van der Waals surface area contributed by atoms with Crippen LogP contribution in [0.15, 0.2) is 46.8 Å². The molecule has 5 heteroatoms. The van der Waals surface area contributed by atoms with Crippen molar-refractivity contribution in [2.75, 3.05) is 0 Å². The van der Waals surface area contributed by atoms with Gasteiger partial charge in [-0.05, 0) is 29.1 Å². The highest BCUT2D eigenvalue weighted by atomic mass is 35.5. The van der Waals surface area contributed by atoms with Gasteiger partial charge < -0.3 is 4.57 Å². The van der Waals surface area contributed by atoms with Crippen molar-refractivity contribution in [3.63, 3.8) is 0 Å². The zero-order chi connectivity index (χ0) is 12.5. The number of hydrogen-bond acceptors (Lipinski definition) is 3. The molecule has 90 valence electrons. The Morgan fingerprint density at radius 1 is 1.28 bits per heavy atom. The Morgan fingerprint density at radius 2 is 2.17 bits per heavy atom. The van der Waals surface area contributed by atoms with Gasteiger partial charge in [-0.1, -0.05) is 17.7 Å². The topological polar surface area (TPSA) is 34.9 Å². The maximum absolute atomic E-state index is 12.2. The Hall–Kier alpha value is -1.65. The number of aromatic nitrogens is 2. The smallest absolute Gasteiger partial charge is 0.259 e. The lowest BCUT2D eigenvalue weighted by Crippen LogP contribution is -2.19. The second-order valence-corrected chi connectivity index (χ2v) is 5.27. The van der Waals surface area contributed by atoms with Crippen molar-refractivity contribution in [1.82, 2.24) is 9.55 Å². The highest BCUT2D eigenvalue weighted by Gasteiger charge is 2.04. The van der Waals surface area contributed by atoms with Gasteiger partial charge in [0.05, 0.1) is 11.9 Å². The standard InChI is InChI=1S/C13H9ClN2OS/c14-12-2-1-9(7-15-12)8-16-5-3-11-10(13(16)17)4-6-18-11/h1-7H,8H2. The predicted molar refractivity (Wildman–Crippen MR) is 74.4 cm³/mol. The molecule has 0 fully saturated rings. The molecule has 0 amide bonds. The van der Waals surface area contributed by atoms with E-state index in [9.17, 15) is 4.79 Å². The zero-order valence-electron chi connectivity index (χ0n) is 9.34. The van der Waals surface area contributed by atoms with Crippen LogP contribution in [0.1, 0.15) is 5.56 Å². The zero-order valence-corrected chi connectivity index (χ0v) is 10.9. The molecule has 18 heavy (non-hydrogen) atoms. The van der Waals surface area contributed by atoms with Crippen LogP contribution in [0.5, 0.6) is 0 Å². The van der Waals surface area contributed by atoms with Crippen LogP contribution in [0.4, 0.5) is 0 Å². The Morgan fingerprint density at radius 3 is 2.94 bits per heavy atom. The molecule has 3 aromatic rings. The van der Waals surface area contributed by atoms with Crippen molar-refractivity contribution >= 4 is 33.0 Å². The summed E-state index contributed by atoms with van der Waals surface area (Å²) in [5.74, 6) is 0. The summed E-state index contributed by atoms with van der Waals surface area (Å²) in [7, 11) is 0. The van der Waals surface area contributed by atoms with Crippen LogP contribution in [-0.2, 0) is 6.54 Å². The second kappa shape index (κ2) is 4.55. The highest BCUT2D eigenvalue weighted by molar-refractivity contribution is 7.17. The average molecular weight is 277 g/mol. The fraction of sp³-hybridized carbons (Fsp3) is 0.0769. The molecule has 3 heterocycles. The van der Waals surface area contributed by atoms with Crippen LogP contribution >= 0.6 is 22.9 Å². The van der Waals surface area contributed by atoms with Crippen LogP contribution in [0.3, 0.4) is 0 Å². The fourth-order valence-electron chi connectivity index (χ4n) is 1.83. The third-order valence-corrected chi connectivity index (χ3v) is 3.84. The third kappa shape index (κ3) is 2.05. The van der Waals surface area contributed by atoms with Gasteiger partial charge in [-0.2, -0.15) is 0 Å². The van der Waals surface area contributed by atoms with E-state index in [0.717, 1.165) is 15.6 Å². The molecule has 0 saturated heterocycles. The van der Waals surface area contributed by atoms with E-state index in [1.165, 1.54) is 0 Å². The van der Waals surface area contributed by atoms with E-state index in [0.29, 0.717) is 11.7 Å². The number of halogens is 1. The molecule has 3 rings (SSSR count). The van der Waals surface area contributed by atoms with E-state index in [1.54, 1.807) is 28.2 Å². The maximum atomic E-state index is 12.2. The summed E-state index contributed by atoms with van der Waals surface area (Å²) in [6.07, 6.45) is 3.50. The number of pyridine rings is 2. The van der Waals surface area contributed by atoms with Crippen molar-refractivity contribution in [3.8, 4) is 0 Å². The largest absolute Gasteiger partial charge is 0.310 e. The molecule has 0 N–H and O–H groups in total. The quantitative estimate of drug-likeness (QED) is 0.674. The first-order valence-electron chi connectivity index (χ1n) is 5.41. The van der Waals surface area contributed by atoms with Crippen LogP contribution < -0.4 is 5.56 Å². The van der Waals surface area contributed by atoms with Gasteiger partial charge in [0.1, 0.15) is 5.15 Å². The summed E-state index contributed by atoms with van der Waals surface area (Å²) in [6, 6.07) is 7.42. The first kappa shape index (κ1) is 11.4. The summed E-state index contributed by atoms with van der Waals surface area (Å²) in [5.41, 5.74) is 0.986. The molecule has 0 bridgehead atoms. The van der Waals surface area contributed by atoms with Gasteiger partial charge in [-0.15, -0.1) is 11.3 Å². The highest BCUT2D eigenvalue weighted by Crippen LogP contribution is 2.16. The summed E-state index contributed by atoms with van der Waals surface area (Å²) < 4.78 is 2.70. The molecular formula is C13H9ClN2OS. The van der Waals surface area contributed by atoms with Gasteiger partial charge in [0.25, 0.3) is 5.56 Å². The lowest BCUT2D eigenvalue weighted by atomic mass is 10.2. The molecular weight excluding hydrogens is 268 g/mol. The van der Waals surface area contributed by atoms with E-state index >= 15 is 0 Å². The number of hydrogen-bond donors (Lipinski definition) is 0. The minimum atomic E-state index is 0.0312. The van der Waals surface area contributed by atoms with Gasteiger partial charge in [-0.25, -0.2) is 4.98 Å². The fourth-order valence-corrected chi connectivity index (χ4v) is 2.71. The molecule has 0 unspecified atom stereocenters. The van der Waals surface area contributed by atoms with Gasteiger partial charge >= 0.3 is 0 Å². The van der Waals surface area contributed by atoms with E-state index in [4.69, 9.17) is 11.6 Å². The lowest BCUT2D eigenvalue weighted by molar-refractivity contribution is 0.765. The van der Waals surface area contributed by atoms with Crippen molar-refractivity contribution in [3.05, 3.63) is 63.1 Å². The molecule has 0 saturated carbocycles. The molecule has 0 aliphatic heterocycles. The van der Waals surface area contributed by atoms with E-state index < -0.39 is 0 Å². The first-order chi connectivity index (χ1) is 8.74. The molecule has 3 nitrogen and oxygen atoms in total. The monoisotopic (exact) mass is 276 g/mol. The van der Waals surface area contributed by atoms with Crippen molar-refractivity contribution < 1.29 is 0 Å². The molecule has 0 aliphatic rings. The number of fused-ring (bicyclic) bond motifs is 1. The van der Waals surface area contributed by atoms with Crippen LogP contribution in [-0.4, -0.2) is 9.55 Å². The summed E-state index contributed by atoms with van der Waals surface area (Å²) in [5, 5.41) is 3.16. The predicted octanol–water partition coefficient (Wildman–Crippen LogP) is 3.16. The Kier molecular flexibility index (Phi) is 2.89. The summed E-state index contributed by atoms with van der Waals surface area (Å²) >= 11 is 7.31. The van der Waals surface area contributed by atoms with Crippen LogP contribution in [0, 0.1) is 0 Å². The van der Waals surface area contributed by atoms with Gasteiger partial charge in [0, 0.05) is 17.1 Å². The summed E-state index contributed by atoms with van der Waals surface area (Å²) in [4.78, 5) is 16.2. The summed E-state index contributed by atoms with van der Waals surface area (Å²) in [6.45, 7) is 0.509. The minimum Gasteiger partial charge on any atom is -0.310 e. The van der Waals surface area contributed by atoms with Crippen molar-refractivity contribution in [1.29, 1.82) is 0 Å². The Bertz CT molecular complexity index is 746. The van der Waals surface area contributed by atoms with Crippen molar-refractivity contribution in [2.24, 2.45) is 0 Å². The maximum Gasteiger partial charge on any atom is 0.259 e. The molecule has 0 atom stereocenters. The third-order valence-electron chi connectivity index (χ3n) is 2.73. The van der Waals surface area contributed by atoms with Gasteiger partial charge in [-0.3, -0.25) is 4.79 Å². The van der Waals surface area contributed by atoms with E-state index in [-0.39, 0.29) is 5.56 Å². The number of nitrogens with zero attached hydrogens (tertiary/aromatic N) is 2. The molecule has 3 aromatic heterocycles. The normalized spacial score (nSPS) is 10.9. The number of thiophene rings is 1. The Balaban J connectivity index is 2.02. The molecule has 0 radical (unpaired) electrons. The van der Waals surface area contributed by atoms with Gasteiger partial charge in [0.2, 0.25) is 0 Å². The van der Waals surface area contributed by atoms with E-state index in [2.05, 4.69) is 4.98 Å². The first-order valence-corrected chi connectivity index (χ1v) is 6.67. The van der Waals surface area contributed by atoms with Crippen LogP contribution in [0.2, 0.25) is 5.15 Å². The van der Waals surface area contributed by atoms with Crippen molar-refractivity contribution in [2.45, 2.75) is 6.54 Å². The second-order valence-electron chi connectivity index (χ2n) is 3.94. The Labute approximate surface area is 112 Å².